The van der Waals surface area contributed by atoms with E-state index in [1.54, 1.807) is 6.07 Å². The Balaban J connectivity index is 2.00. The van der Waals surface area contributed by atoms with Crippen molar-refractivity contribution in [3.8, 4) is 0 Å². The molecule has 0 amide bonds. The van der Waals surface area contributed by atoms with Gasteiger partial charge in [-0.05, 0) is 55.3 Å². The first-order valence-electron chi connectivity index (χ1n) is 8.31. The van der Waals surface area contributed by atoms with Gasteiger partial charge in [0.15, 0.2) is 0 Å². The van der Waals surface area contributed by atoms with Crippen LogP contribution in [-0.2, 0) is 6.42 Å². The average Bonchev–Trinajstić information content (AvgIpc) is 2.50. The lowest BCUT2D eigenvalue weighted by atomic mass is 9.76. The lowest BCUT2D eigenvalue weighted by Crippen LogP contribution is -2.39. The zero-order chi connectivity index (χ0) is 15.2. The second kappa shape index (κ2) is 8.14. The molecule has 21 heavy (non-hydrogen) atoms. The first-order valence-corrected chi connectivity index (χ1v) is 8.69. The maximum Gasteiger partial charge on any atom is 0.141 e. The molecule has 1 aliphatic carbocycles. The third-order valence-electron chi connectivity index (χ3n) is 4.94. The van der Waals surface area contributed by atoms with E-state index in [0.717, 1.165) is 30.4 Å². The third-order valence-corrected chi connectivity index (χ3v) is 5.23. The molecular formula is C18H27ClFN. The van der Waals surface area contributed by atoms with Gasteiger partial charge in [0.1, 0.15) is 5.82 Å². The fraction of sp³-hybridized carbons (Fsp3) is 0.667. The number of likely N-dealkylation sites (N-methyl/N-ethyl adjacent to an activating group) is 1. The highest BCUT2D eigenvalue weighted by Gasteiger charge is 2.26. The molecule has 0 heterocycles. The molecule has 1 unspecified atom stereocenters. The van der Waals surface area contributed by atoms with E-state index in [0.29, 0.717) is 6.04 Å². The van der Waals surface area contributed by atoms with E-state index in [4.69, 9.17) is 11.6 Å². The monoisotopic (exact) mass is 311 g/mol. The predicted octanol–water partition coefficient (Wildman–Crippen LogP) is 5.22. The lowest BCUT2D eigenvalue weighted by molar-refractivity contribution is 0.218. The molecule has 1 saturated carbocycles. The van der Waals surface area contributed by atoms with E-state index in [1.165, 1.54) is 38.2 Å². The maximum atomic E-state index is 13.3. The molecule has 1 aromatic rings. The summed E-state index contributed by atoms with van der Waals surface area (Å²) < 4.78 is 13.3. The minimum absolute atomic E-state index is 0.234. The number of nitrogens with one attached hydrogen (secondary N) is 1. The molecule has 0 bridgehead atoms. The molecule has 0 aliphatic heterocycles. The lowest BCUT2D eigenvalue weighted by Gasteiger charge is -2.34. The maximum absolute atomic E-state index is 13.3. The third kappa shape index (κ3) is 4.69. The summed E-state index contributed by atoms with van der Waals surface area (Å²) in [7, 11) is 0. The summed E-state index contributed by atoms with van der Waals surface area (Å²) in [6.45, 7) is 5.43. The van der Waals surface area contributed by atoms with Crippen LogP contribution in [0.1, 0.15) is 51.5 Å². The number of hydrogen-bond acceptors (Lipinski definition) is 1. The van der Waals surface area contributed by atoms with Crippen molar-refractivity contribution in [2.24, 2.45) is 11.8 Å². The Morgan fingerprint density at radius 3 is 2.52 bits per heavy atom. The largest absolute Gasteiger partial charge is 0.314 e. The predicted molar refractivity (Wildman–Crippen MR) is 88.3 cm³/mol. The molecule has 1 aromatic carbocycles. The van der Waals surface area contributed by atoms with E-state index in [-0.39, 0.29) is 10.8 Å². The highest BCUT2D eigenvalue weighted by Crippen LogP contribution is 2.33. The van der Waals surface area contributed by atoms with Crippen LogP contribution >= 0.6 is 11.6 Å². The van der Waals surface area contributed by atoms with Crippen LogP contribution in [0.3, 0.4) is 0 Å². The van der Waals surface area contributed by atoms with Crippen molar-refractivity contribution in [1.29, 1.82) is 0 Å². The zero-order valence-electron chi connectivity index (χ0n) is 13.2. The van der Waals surface area contributed by atoms with Crippen LogP contribution in [0.25, 0.3) is 0 Å². The Kier molecular flexibility index (Phi) is 6.50. The summed E-state index contributed by atoms with van der Waals surface area (Å²) in [5.41, 5.74) is 1.13. The summed E-state index contributed by atoms with van der Waals surface area (Å²) in [6, 6.07) is 5.60. The van der Waals surface area contributed by atoms with Crippen LogP contribution in [0.4, 0.5) is 4.39 Å². The number of hydrogen-bond donors (Lipinski definition) is 1. The minimum atomic E-state index is -0.330. The molecule has 1 atom stereocenters. The highest BCUT2D eigenvalue weighted by molar-refractivity contribution is 6.30. The van der Waals surface area contributed by atoms with Crippen molar-refractivity contribution in [3.63, 3.8) is 0 Å². The molecule has 0 aromatic heterocycles. The average molecular weight is 312 g/mol. The van der Waals surface area contributed by atoms with Crippen molar-refractivity contribution in [1.82, 2.24) is 5.32 Å². The van der Waals surface area contributed by atoms with Gasteiger partial charge in [-0.1, -0.05) is 50.8 Å². The fourth-order valence-corrected chi connectivity index (χ4v) is 3.79. The van der Waals surface area contributed by atoms with Crippen LogP contribution < -0.4 is 5.32 Å². The Labute approximate surface area is 133 Å². The van der Waals surface area contributed by atoms with E-state index in [1.807, 2.05) is 6.07 Å². The Bertz CT molecular complexity index is 441. The van der Waals surface area contributed by atoms with Gasteiger partial charge < -0.3 is 5.32 Å². The molecule has 1 nitrogen and oxygen atoms in total. The summed E-state index contributed by atoms with van der Waals surface area (Å²) in [4.78, 5) is 0. The number of rotatable bonds is 6. The Morgan fingerprint density at radius 1 is 1.24 bits per heavy atom. The highest BCUT2D eigenvalue weighted by atomic mass is 35.5. The SMILES string of the molecule is CCNC(Cc1ccc(F)c(Cl)c1)C1CCC(CC)CC1. The summed E-state index contributed by atoms with van der Waals surface area (Å²) >= 11 is 5.90. The van der Waals surface area contributed by atoms with E-state index in [9.17, 15) is 4.39 Å². The molecule has 1 fully saturated rings. The molecule has 0 saturated heterocycles. The molecule has 3 heteroatoms. The van der Waals surface area contributed by atoms with Crippen LogP contribution in [0.5, 0.6) is 0 Å². The van der Waals surface area contributed by atoms with Crippen molar-refractivity contribution in [2.45, 2.75) is 58.4 Å². The summed E-state index contributed by atoms with van der Waals surface area (Å²) in [5.74, 6) is 1.32. The number of halogens is 2. The molecule has 118 valence electrons. The van der Waals surface area contributed by atoms with Gasteiger partial charge in [-0.15, -0.1) is 0 Å². The van der Waals surface area contributed by atoms with Crippen LogP contribution in [0.2, 0.25) is 5.02 Å². The van der Waals surface area contributed by atoms with Crippen LogP contribution in [0.15, 0.2) is 18.2 Å². The van der Waals surface area contributed by atoms with E-state index in [2.05, 4.69) is 19.2 Å². The van der Waals surface area contributed by atoms with Gasteiger partial charge in [-0.3, -0.25) is 0 Å². The molecule has 2 rings (SSSR count). The second-order valence-corrected chi connectivity index (χ2v) is 6.71. The van der Waals surface area contributed by atoms with E-state index >= 15 is 0 Å². The Morgan fingerprint density at radius 2 is 1.95 bits per heavy atom. The topological polar surface area (TPSA) is 12.0 Å². The first kappa shape index (κ1) is 16.8. The van der Waals surface area contributed by atoms with Gasteiger partial charge in [0.05, 0.1) is 5.02 Å². The fourth-order valence-electron chi connectivity index (χ4n) is 3.59. The zero-order valence-corrected chi connectivity index (χ0v) is 13.9. The molecular weight excluding hydrogens is 285 g/mol. The van der Waals surface area contributed by atoms with Gasteiger partial charge in [-0.2, -0.15) is 0 Å². The minimum Gasteiger partial charge on any atom is -0.314 e. The molecule has 0 spiro atoms. The van der Waals surface area contributed by atoms with Crippen molar-refractivity contribution < 1.29 is 4.39 Å². The van der Waals surface area contributed by atoms with Gasteiger partial charge in [0, 0.05) is 6.04 Å². The van der Waals surface area contributed by atoms with Gasteiger partial charge in [0.25, 0.3) is 0 Å². The molecule has 1 aliphatic rings. The quantitative estimate of drug-likeness (QED) is 0.760. The first-order chi connectivity index (χ1) is 10.1. The summed E-state index contributed by atoms with van der Waals surface area (Å²) in [5, 5.41) is 3.86. The van der Waals surface area contributed by atoms with Crippen molar-refractivity contribution >= 4 is 11.6 Å². The normalized spacial score (nSPS) is 24.0. The molecule has 1 N–H and O–H groups in total. The smallest absolute Gasteiger partial charge is 0.141 e. The van der Waals surface area contributed by atoms with Crippen molar-refractivity contribution in [3.05, 3.63) is 34.6 Å². The van der Waals surface area contributed by atoms with Gasteiger partial charge >= 0.3 is 0 Å². The second-order valence-electron chi connectivity index (χ2n) is 6.31. The Hall–Kier alpha value is -0.600. The molecule has 0 radical (unpaired) electrons. The van der Waals surface area contributed by atoms with Crippen LogP contribution in [-0.4, -0.2) is 12.6 Å². The van der Waals surface area contributed by atoms with Crippen molar-refractivity contribution in [2.75, 3.05) is 6.54 Å². The van der Waals surface area contributed by atoms with Gasteiger partial charge in [-0.25, -0.2) is 4.39 Å². The standard InChI is InChI=1S/C18H27ClFN/c1-3-13-5-8-15(9-6-13)18(21-4-2)12-14-7-10-17(20)16(19)11-14/h7,10-11,13,15,18,21H,3-6,8-9,12H2,1-2H3. The summed E-state index contributed by atoms with van der Waals surface area (Å²) in [6.07, 6.45) is 7.58. The number of benzene rings is 1. The van der Waals surface area contributed by atoms with Crippen LogP contribution in [0, 0.1) is 17.7 Å². The van der Waals surface area contributed by atoms with Gasteiger partial charge in [0.2, 0.25) is 0 Å². The van der Waals surface area contributed by atoms with E-state index < -0.39 is 0 Å².